The first kappa shape index (κ1) is 14.2. The number of thiophene rings is 1. The van der Waals surface area contributed by atoms with Crippen LogP contribution in [0.4, 0.5) is 5.82 Å². The molecule has 6 heteroatoms. The molecule has 1 aromatic carbocycles. The van der Waals surface area contributed by atoms with E-state index in [0.29, 0.717) is 12.4 Å². The van der Waals surface area contributed by atoms with E-state index >= 15 is 0 Å². The number of hydrogen-bond acceptors (Lipinski definition) is 5. The Balaban J connectivity index is 1.73. The number of nitrogen functional groups attached to an aromatic ring is 1. The molecule has 0 aliphatic rings. The van der Waals surface area contributed by atoms with E-state index < -0.39 is 0 Å². The zero-order valence-corrected chi connectivity index (χ0v) is 12.5. The number of benzene rings is 1. The third-order valence-electron chi connectivity index (χ3n) is 3.10. The summed E-state index contributed by atoms with van der Waals surface area (Å²) in [4.78, 5) is 21.5. The summed E-state index contributed by atoms with van der Waals surface area (Å²) in [7, 11) is 0. The highest BCUT2D eigenvalue weighted by molar-refractivity contribution is 7.13. The highest BCUT2D eigenvalue weighted by atomic mass is 32.1. The van der Waals surface area contributed by atoms with E-state index in [-0.39, 0.29) is 17.3 Å². The van der Waals surface area contributed by atoms with Gasteiger partial charge in [-0.25, -0.2) is 9.97 Å². The van der Waals surface area contributed by atoms with Crippen LogP contribution >= 0.6 is 11.3 Å². The summed E-state index contributed by atoms with van der Waals surface area (Å²) in [6, 6.07) is 13.5. The molecule has 3 N–H and O–H groups in total. The van der Waals surface area contributed by atoms with Crippen LogP contribution in [0.25, 0.3) is 10.7 Å². The van der Waals surface area contributed by atoms with Gasteiger partial charge in [0.05, 0.1) is 10.4 Å². The molecule has 0 aliphatic heterocycles. The predicted molar refractivity (Wildman–Crippen MR) is 87.4 cm³/mol. The van der Waals surface area contributed by atoms with Gasteiger partial charge in [0, 0.05) is 12.7 Å². The molecular formula is C16H14N4OS. The average Bonchev–Trinajstić information content (AvgIpc) is 3.08. The van der Waals surface area contributed by atoms with E-state index in [4.69, 9.17) is 5.73 Å². The van der Waals surface area contributed by atoms with Gasteiger partial charge in [0.1, 0.15) is 5.82 Å². The number of carbonyl (C=O) groups is 1. The molecule has 2 aromatic heterocycles. The van der Waals surface area contributed by atoms with Crippen LogP contribution in [-0.4, -0.2) is 15.9 Å². The van der Waals surface area contributed by atoms with Crippen molar-refractivity contribution < 1.29 is 4.79 Å². The maximum atomic E-state index is 12.2. The van der Waals surface area contributed by atoms with Crippen LogP contribution in [-0.2, 0) is 6.54 Å². The second-order valence-electron chi connectivity index (χ2n) is 4.64. The molecule has 3 rings (SSSR count). The number of amides is 1. The molecule has 2 heterocycles. The van der Waals surface area contributed by atoms with E-state index in [1.165, 1.54) is 17.5 Å². The van der Waals surface area contributed by atoms with Crippen molar-refractivity contribution in [2.24, 2.45) is 0 Å². The van der Waals surface area contributed by atoms with Gasteiger partial charge in [-0.3, -0.25) is 4.79 Å². The molecule has 1 amide bonds. The van der Waals surface area contributed by atoms with Gasteiger partial charge in [-0.05, 0) is 17.0 Å². The number of anilines is 1. The molecule has 22 heavy (non-hydrogen) atoms. The zero-order valence-electron chi connectivity index (χ0n) is 11.7. The van der Waals surface area contributed by atoms with Crippen molar-refractivity contribution in [2.75, 3.05) is 5.73 Å². The highest BCUT2D eigenvalue weighted by Gasteiger charge is 2.13. The summed E-state index contributed by atoms with van der Waals surface area (Å²) >= 11 is 1.53. The largest absolute Gasteiger partial charge is 0.383 e. The summed E-state index contributed by atoms with van der Waals surface area (Å²) in [5.74, 6) is 0.440. The third-order valence-corrected chi connectivity index (χ3v) is 3.97. The Kier molecular flexibility index (Phi) is 4.11. The SMILES string of the molecule is Nc1nc(-c2cccs2)ncc1C(=O)NCc1ccccc1. The normalized spacial score (nSPS) is 10.4. The zero-order chi connectivity index (χ0) is 15.4. The Bertz CT molecular complexity index is 772. The van der Waals surface area contributed by atoms with Gasteiger partial charge in [-0.15, -0.1) is 11.3 Å². The summed E-state index contributed by atoms with van der Waals surface area (Å²) < 4.78 is 0. The summed E-state index contributed by atoms with van der Waals surface area (Å²) in [6.45, 7) is 0.436. The molecule has 0 bridgehead atoms. The molecule has 0 saturated heterocycles. The van der Waals surface area contributed by atoms with Crippen molar-refractivity contribution in [2.45, 2.75) is 6.54 Å². The van der Waals surface area contributed by atoms with Crippen molar-refractivity contribution in [3.63, 3.8) is 0 Å². The molecule has 3 aromatic rings. The van der Waals surface area contributed by atoms with Crippen LogP contribution in [0.15, 0.2) is 54.0 Å². The molecule has 0 unspecified atom stereocenters. The van der Waals surface area contributed by atoms with Crippen LogP contribution in [0.2, 0.25) is 0 Å². The highest BCUT2D eigenvalue weighted by Crippen LogP contribution is 2.22. The smallest absolute Gasteiger partial charge is 0.256 e. The fourth-order valence-electron chi connectivity index (χ4n) is 1.97. The lowest BCUT2D eigenvalue weighted by atomic mass is 10.2. The summed E-state index contributed by atoms with van der Waals surface area (Å²) in [6.07, 6.45) is 1.47. The minimum absolute atomic E-state index is 0.184. The standard InChI is InChI=1S/C16H14N4OS/c17-14-12(10-18-15(20-14)13-7-4-8-22-13)16(21)19-9-11-5-2-1-3-6-11/h1-8,10H,9H2,(H,19,21)(H2,17,18,20). The Morgan fingerprint density at radius 2 is 2.00 bits per heavy atom. The van der Waals surface area contributed by atoms with Crippen molar-refractivity contribution in [3.8, 4) is 10.7 Å². The minimum atomic E-state index is -0.279. The van der Waals surface area contributed by atoms with Gasteiger partial charge in [-0.2, -0.15) is 0 Å². The first-order valence-corrected chi connectivity index (χ1v) is 7.60. The quantitative estimate of drug-likeness (QED) is 0.776. The van der Waals surface area contributed by atoms with Gasteiger partial charge >= 0.3 is 0 Å². The average molecular weight is 310 g/mol. The maximum Gasteiger partial charge on any atom is 0.256 e. The molecule has 0 aliphatic carbocycles. The topological polar surface area (TPSA) is 80.9 Å². The maximum absolute atomic E-state index is 12.2. The Morgan fingerprint density at radius 1 is 1.18 bits per heavy atom. The Labute approximate surface area is 131 Å². The van der Waals surface area contributed by atoms with Crippen LogP contribution in [0.5, 0.6) is 0 Å². The van der Waals surface area contributed by atoms with Crippen LogP contribution < -0.4 is 11.1 Å². The van der Waals surface area contributed by atoms with Gasteiger partial charge in [0.2, 0.25) is 0 Å². The van der Waals surface area contributed by atoms with E-state index in [2.05, 4.69) is 15.3 Å². The van der Waals surface area contributed by atoms with E-state index in [0.717, 1.165) is 10.4 Å². The van der Waals surface area contributed by atoms with Crippen LogP contribution in [0.1, 0.15) is 15.9 Å². The van der Waals surface area contributed by atoms with Crippen LogP contribution in [0.3, 0.4) is 0 Å². The van der Waals surface area contributed by atoms with E-state index in [9.17, 15) is 4.79 Å². The summed E-state index contributed by atoms with van der Waals surface area (Å²) in [5.41, 5.74) is 7.20. The van der Waals surface area contributed by atoms with Gasteiger partial charge in [0.15, 0.2) is 5.82 Å². The molecule has 0 fully saturated rings. The first-order valence-electron chi connectivity index (χ1n) is 6.72. The molecule has 5 nitrogen and oxygen atoms in total. The van der Waals surface area contributed by atoms with Crippen LogP contribution in [0, 0.1) is 0 Å². The first-order chi connectivity index (χ1) is 10.7. The van der Waals surface area contributed by atoms with E-state index in [1.54, 1.807) is 0 Å². The monoisotopic (exact) mass is 310 g/mol. The van der Waals surface area contributed by atoms with Gasteiger partial charge < -0.3 is 11.1 Å². The number of nitrogens with zero attached hydrogens (tertiary/aromatic N) is 2. The van der Waals surface area contributed by atoms with Gasteiger partial charge in [-0.1, -0.05) is 36.4 Å². The number of rotatable bonds is 4. The molecular weight excluding hydrogens is 296 g/mol. The molecule has 0 atom stereocenters. The second-order valence-corrected chi connectivity index (χ2v) is 5.59. The molecule has 110 valence electrons. The summed E-state index contributed by atoms with van der Waals surface area (Å²) in [5, 5.41) is 4.75. The lowest BCUT2D eigenvalue weighted by Gasteiger charge is -2.07. The van der Waals surface area contributed by atoms with Crippen molar-refractivity contribution >= 4 is 23.1 Å². The number of hydrogen-bond donors (Lipinski definition) is 2. The predicted octanol–water partition coefficient (Wildman–Crippen LogP) is 2.72. The van der Waals surface area contributed by atoms with Crippen molar-refractivity contribution in [1.29, 1.82) is 0 Å². The number of aromatic nitrogens is 2. The third kappa shape index (κ3) is 3.12. The number of nitrogens with one attached hydrogen (secondary N) is 1. The lowest BCUT2D eigenvalue weighted by molar-refractivity contribution is 0.0951. The Morgan fingerprint density at radius 3 is 2.68 bits per heavy atom. The van der Waals surface area contributed by atoms with E-state index in [1.807, 2.05) is 47.8 Å². The lowest BCUT2D eigenvalue weighted by Crippen LogP contribution is -2.24. The van der Waals surface area contributed by atoms with Crippen molar-refractivity contribution in [3.05, 3.63) is 65.2 Å². The molecule has 0 saturated carbocycles. The minimum Gasteiger partial charge on any atom is -0.383 e. The second kappa shape index (κ2) is 6.36. The number of carbonyl (C=O) groups excluding carboxylic acids is 1. The Hall–Kier alpha value is -2.73. The molecule has 0 spiro atoms. The molecule has 0 radical (unpaired) electrons. The number of nitrogens with two attached hydrogens (primary N) is 1. The van der Waals surface area contributed by atoms with Crippen molar-refractivity contribution in [1.82, 2.24) is 15.3 Å². The fourth-order valence-corrected chi connectivity index (χ4v) is 2.63. The van der Waals surface area contributed by atoms with Gasteiger partial charge in [0.25, 0.3) is 5.91 Å². The fraction of sp³-hybridized carbons (Fsp3) is 0.0625.